The molecule has 1 unspecified atom stereocenters. The smallest absolute Gasteiger partial charge is 0.191 e. The highest BCUT2D eigenvalue weighted by Gasteiger charge is 2.26. The van der Waals surface area contributed by atoms with Gasteiger partial charge in [-0.25, -0.2) is 4.98 Å². The van der Waals surface area contributed by atoms with Gasteiger partial charge in [-0.3, -0.25) is 0 Å². The van der Waals surface area contributed by atoms with E-state index in [0.29, 0.717) is 12.5 Å². The van der Waals surface area contributed by atoms with E-state index in [-0.39, 0.29) is 0 Å². The summed E-state index contributed by atoms with van der Waals surface area (Å²) in [6.07, 6.45) is 2.12. The predicted molar refractivity (Wildman–Crippen MR) is 41.4 cm³/mol. The van der Waals surface area contributed by atoms with Crippen molar-refractivity contribution in [1.82, 2.24) is 4.98 Å². The van der Waals surface area contributed by atoms with Crippen molar-refractivity contribution >= 4 is 0 Å². The van der Waals surface area contributed by atoms with Crippen LogP contribution in [0.3, 0.4) is 0 Å². The van der Waals surface area contributed by atoms with E-state index >= 15 is 0 Å². The van der Waals surface area contributed by atoms with E-state index < -0.39 is 0 Å². The monoisotopic (exact) mass is 152 g/mol. The first-order valence-corrected chi connectivity index (χ1v) is 3.97. The highest BCUT2D eigenvalue weighted by molar-refractivity contribution is 5.21. The molecule has 1 heterocycles. The number of hydrogen-bond acceptors (Lipinski definition) is 3. The molecule has 0 spiro atoms. The van der Waals surface area contributed by atoms with E-state index in [1.54, 1.807) is 0 Å². The van der Waals surface area contributed by atoms with Gasteiger partial charge in [0.15, 0.2) is 5.89 Å². The van der Waals surface area contributed by atoms with E-state index in [1.165, 1.54) is 0 Å². The van der Waals surface area contributed by atoms with E-state index in [4.69, 9.17) is 10.2 Å². The highest BCUT2D eigenvalue weighted by atomic mass is 16.4. The van der Waals surface area contributed by atoms with Gasteiger partial charge in [0, 0.05) is 25.8 Å². The van der Waals surface area contributed by atoms with Gasteiger partial charge in [0.05, 0.1) is 5.69 Å². The summed E-state index contributed by atoms with van der Waals surface area (Å²) >= 11 is 0. The van der Waals surface area contributed by atoms with Crippen LogP contribution in [0.2, 0.25) is 0 Å². The van der Waals surface area contributed by atoms with Crippen LogP contribution in [0.1, 0.15) is 29.7 Å². The molecule has 3 nitrogen and oxygen atoms in total. The van der Waals surface area contributed by atoms with Gasteiger partial charge in [-0.05, 0) is 6.42 Å². The van der Waals surface area contributed by atoms with E-state index in [9.17, 15) is 0 Å². The first-order valence-electron chi connectivity index (χ1n) is 3.97. The van der Waals surface area contributed by atoms with Crippen molar-refractivity contribution in [2.75, 3.05) is 6.54 Å². The minimum Gasteiger partial charge on any atom is -0.446 e. The third-order valence-electron chi connectivity index (χ3n) is 2.23. The second kappa shape index (κ2) is 2.34. The van der Waals surface area contributed by atoms with Crippen molar-refractivity contribution in [2.45, 2.75) is 25.7 Å². The Morgan fingerprint density at radius 3 is 3.27 bits per heavy atom. The van der Waals surface area contributed by atoms with Crippen molar-refractivity contribution in [3.05, 3.63) is 17.3 Å². The number of rotatable bonds is 1. The van der Waals surface area contributed by atoms with Crippen LogP contribution in [0.5, 0.6) is 0 Å². The zero-order chi connectivity index (χ0) is 7.84. The molecular formula is C8H12N2O. The predicted octanol–water partition coefficient (Wildman–Crippen LogP) is 0.972. The van der Waals surface area contributed by atoms with Crippen LogP contribution in [0.4, 0.5) is 0 Å². The van der Waals surface area contributed by atoms with E-state index in [0.717, 1.165) is 30.2 Å². The maximum Gasteiger partial charge on any atom is 0.191 e. The average Bonchev–Trinajstić information content (AvgIpc) is 2.45. The van der Waals surface area contributed by atoms with E-state index in [1.807, 2.05) is 6.92 Å². The summed E-state index contributed by atoms with van der Waals surface area (Å²) in [4.78, 5) is 4.30. The molecule has 0 saturated carbocycles. The second-order valence-corrected chi connectivity index (χ2v) is 3.01. The van der Waals surface area contributed by atoms with Gasteiger partial charge < -0.3 is 10.2 Å². The van der Waals surface area contributed by atoms with Gasteiger partial charge in [-0.15, -0.1) is 0 Å². The Labute approximate surface area is 65.6 Å². The largest absolute Gasteiger partial charge is 0.446 e. The van der Waals surface area contributed by atoms with Crippen LogP contribution in [0.25, 0.3) is 0 Å². The molecule has 0 amide bonds. The summed E-state index contributed by atoms with van der Waals surface area (Å²) < 4.78 is 5.39. The zero-order valence-corrected chi connectivity index (χ0v) is 6.63. The molecular weight excluding hydrogens is 140 g/mol. The summed E-state index contributed by atoms with van der Waals surface area (Å²) in [5, 5.41) is 0. The van der Waals surface area contributed by atoms with Crippen LogP contribution in [0, 0.1) is 6.92 Å². The van der Waals surface area contributed by atoms with Gasteiger partial charge in [0.25, 0.3) is 0 Å². The minimum atomic E-state index is 0.447. The molecule has 0 aliphatic heterocycles. The summed E-state index contributed by atoms with van der Waals surface area (Å²) in [5.74, 6) is 2.27. The molecule has 1 aliphatic rings. The minimum absolute atomic E-state index is 0.447. The maximum atomic E-state index is 5.58. The molecule has 1 aromatic rings. The number of fused-ring (bicyclic) bond motifs is 1. The first kappa shape index (κ1) is 6.85. The lowest BCUT2D eigenvalue weighted by Gasteiger charge is -2.01. The summed E-state index contributed by atoms with van der Waals surface area (Å²) in [7, 11) is 0. The third-order valence-corrected chi connectivity index (χ3v) is 2.23. The number of hydrogen-bond donors (Lipinski definition) is 1. The van der Waals surface area contributed by atoms with Gasteiger partial charge >= 0.3 is 0 Å². The quantitative estimate of drug-likeness (QED) is 0.652. The van der Waals surface area contributed by atoms with Gasteiger partial charge in [0.2, 0.25) is 0 Å². The number of aryl methyl sites for hydroxylation is 2. The second-order valence-electron chi connectivity index (χ2n) is 3.01. The molecule has 2 N–H and O–H groups in total. The lowest BCUT2D eigenvalue weighted by atomic mass is 10.1. The molecule has 2 rings (SSSR count). The summed E-state index contributed by atoms with van der Waals surface area (Å²) in [5.41, 5.74) is 6.68. The number of aromatic nitrogens is 1. The number of nitrogens with zero attached hydrogens (tertiary/aromatic N) is 1. The fourth-order valence-corrected chi connectivity index (χ4v) is 1.65. The van der Waals surface area contributed by atoms with Gasteiger partial charge in [0.1, 0.15) is 5.76 Å². The third kappa shape index (κ3) is 0.959. The van der Waals surface area contributed by atoms with Crippen LogP contribution in [0.15, 0.2) is 4.42 Å². The molecule has 60 valence electrons. The molecule has 1 atom stereocenters. The highest BCUT2D eigenvalue weighted by Crippen LogP contribution is 2.31. The average molecular weight is 152 g/mol. The van der Waals surface area contributed by atoms with Gasteiger partial charge in [-0.2, -0.15) is 0 Å². The first-order chi connectivity index (χ1) is 5.31. The lowest BCUT2D eigenvalue weighted by molar-refractivity contribution is 0.475. The molecule has 0 radical (unpaired) electrons. The standard InChI is InChI=1S/C8H12N2O/c1-5-10-8-6(4-9)2-3-7(8)11-5/h6H,2-4,9H2,1H3. The van der Waals surface area contributed by atoms with Crippen molar-refractivity contribution in [3.63, 3.8) is 0 Å². The van der Waals surface area contributed by atoms with E-state index in [2.05, 4.69) is 4.98 Å². The molecule has 0 bridgehead atoms. The molecule has 0 fully saturated rings. The Bertz CT molecular complexity index is 267. The van der Waals surface area contributed by atoms with Crippen molar-refractivity contribution < 1.29 is 4.42 Å². The summed E-state index contributed by atoms with van der Waals surface area (Å²) in [6.45, 7) is 2.57. The Balaban J connectivity index is 2.37. The maximum absolute atomic E-state index is 5.58. The summed E-state index contributed by atoms with van der Waals surface area (Å²) in [6, 6.07) is 0. The number of oxazole rings is 1. The Kier molecular flexibility index (Phi) is 1.46. The lowest BCUT2D eigenvalue weighted by Crippen LogP contribution is -2.09. The zero-order valence-electron chi connectivity index (χ0n) is 6.63. The van der Waals surface area contributed by atoms with Crippen LogP contribution >= 0.6 is 0 Å². The normalized spacial score (nSPS) is 22.2. The molecule has 11 heavy (non-hydrogen) atoms. The Morgan fingerprint density at radius 1 is 1.73 bits per heavy atom. The van der Waals surface area contributed by atoms with Crippen LogP contribution < -0.4 is 5.73 Å². The van der Waals surface area contributed by atoms with Crippen LogP contribution in [-0.2, 0) is 6.42 Å². The van der Waals surface area contributed by atoms with Crippen molar-refractivity contribution in [2.24, 2.45) is 5.73 Å². The molecule has 1 aromatic heterocycles. The van der Waals surface area contributed by atoms with Crippen molar-refractivity contribution in [1.29, 1.82) is 0 Å². The Hall–Kier alpha value is -0.830. The fraction of sp³-hybridized carbons (Fsp3) is 0.625. The SMILES string of the molecule is Cc1nc2c(o1)CCC2CN. The molecule has 0 saturated heterocycles. The molecule has 1 aliphatic carbocycles. The van der Waals surface area contributed by atoms with Crippen LogP contribution in [-0.4, -0.2) is 11.5 Å². The fourth-order valence-electron chi connectivity index (χ4n) is 1.65. The molecule has 3 heteroatoms. The number of nitrogens with two attached hydrogens (primary N) is 1. The Morgan fingerprint density at radius 2 is 2.55 bits per heavy atom. The molecule has 0 aromatic carbocycles. The van der Waals surface area contributed by atoms with Gasteiger partial charge in [-0.1, -0.05) is 0 Å². The van der Waals surface area contributed by atoms with Crippen molar-refractivity contribution in [3.8, 4) is 0 Å². The topological polar surface area (TPSA) is 52.0 Å².